The zero-order chi connectivity index (χ0) is 17.1. The molecule has 7 heteroatoms. The number of benzene rings is 1. The lowest BCUT2D eigenvalue weighted by atomic mass is 10.0. The molecular formula is C17H19ClN4O2. The van der Waals surface area contributed by atoms with Crippen LogP contribution in [0.5, 0.6) is 5.75 Å². The van der Waals surface area contributed by atoms with Gasteiger partial charge in [-0.3, -0.25) is 5.32 Å². The molecule has 0 aliphatic carbocycles. The zero-order valence-electron chi connectivity index (χ0n) is 13.3. The van der Waals surface area contributed by atoms with Gasteiger partial charge in [0.25, 0.3) is 0 Å². The van der Waals surface area contributed by atoms with E-state index in [-0.39, 0.29) is 18.1 Å². The van der Waals surface area contributed by atoms with E-state index in [2.05, 4.69) is 15.6 Å². The van der Waals surface area contributed by atoms with E-state index in [1.165, 1.54) is 0 Å². The number of nitrogens with zero attached hydrogens (tertiary/aromatic N) is 1. The van der Waals surface area contributed by atoms with Gasteiger partial charge in [-0.1, -0.05) is 29.8 Å². The fraction of sp³-hybridized carbons (Fsp3) is 0.294. The average molecular weight is 347 g/mol. The molecule has 0 saturated heterocycles. The summed E-state index contributed by atoms with van der Waals surface area (Å²) in [4.78, 5) is 16.6. The summed E-state index contributed by atoms with van der Waals surface area (Å²) in [6, 6.07) is 10.2. The summed E-state index contributed by atoms with van der Waals surface area (Å²) >= 11 is 6.15. The van der Waals surface area contributed by atoms with E-state index in [9.17, 15) is 4.79 Å². The number of pyridine rings is 1. The molecule has 0 bridgehead atoms. The van der Waals surface area contributed by atoms with Crippen molar-refractivity contribution in [3.63, 3.8) is 0 Å². The summed E-state index contributed by atoms with van der Waals surface area (Å²) in [7, 11) is 0. The Morgan fingerprint density at radius 1 is 1.38 bits per heavy atom. The van der Waals surface area contributed by atoms with Gasteiger partial charge in [-0.25, -0.2) is 9.78 Å². The third-order valence-corrected chi connectivity index (χ3v) is 4.11. The van der Waals surface area contributed by atoms with Crippen molar-refractivity contribution in [3.8, 4) is 5.75 Å². The first-order chi connectivity index (χ1) is 11.5. The van der Waals surface area contributed by atoms with E-state index < -0.39 is 0 Å². The van der Waals surface area contributed by atoms with Crippen molar-refractivity contribution in [2.45, 2.75) is 25.4 Å². The van der Waals surface area contributed by atoms with E-state index in [1.807, 2.05) is 31.2 Å². The highest BCUT2D eigenvalue weighted by Crippen LogP contribution is 2.37. The van der Waals surface area contributed by atoms with Crippen LogP contribution in [0.3, 0.4) is 0 Å². The minimum atomic E-state index is -0.331. The number of nitrogens with two attached hydrogens (primary N) is 1. The average Bonchev–Trinajstić information content (AvgIpc) is 2.56. The lowest BCUT2D eigenvalue weighted by molar-refractivity contribution is 0.232. The van der Waals surface area contributed by atoms with Crippen molar-refractivity contribution in [1.82, 2.24) is 10.3 Å². The molecule has 2 aromatic rings. The standard InChI is InChI=1S/C17H19ClN4O2/c1-10(19)13-6-3-7-15(20-13)22-17(23)21-14-8-9-24-16-11(14)4-2-5-12(16)18/h2-7,10,14H,8-9,19H2,1H3,(H2,20,21,22,23)/t10-,14?/m0/s1. The monoisotopic (exact) mass is 346 g/mol. The van der Waals surface area contributed by atoms with E-state index in [0.717, 1.165) is 11.3 Å². The predicted octanol–water partition coefficient (Wildman–Crippen LogP) is 3.40. The first-order valence-corrected chi connectivity index (χ1v) is 8.13. The molecule has 1 aromatic carbocycles. The van der Waals surface area contributed by atoms with Gasteiger partial charge in [-0.15, -0.1) is 0 Å². The minimum absolute atomic E-state index is 0.163. The molecule has 24 heavy (non-hydrogen) atoms. The van der Waals surface area contributed by atoms with Crippen LogP contribution in [0.2, 0.25) is 5.02 Å². The third-order valence-electron chi connectivity index (χ3n) is 3.81. The van der Waals surface area contributed by atoms with Crippen LogP contribution in [0.4, 0.5) is 10.6 Å². The van der Waals surface area contributed by atoms with Crippen molar-refractivity contribution in [3.05, 3.63) is 52.7 Å². The van der Waals surface area contributed by atoms with Gasteiger partial charge in [0.2, 0.25) is 0 Å². The van der Waals surface area contributed by atoms with Gasteiger partial charge in [0.15, 0.2) is 0 Å². The summed E-state index contributed by atoms with van der Waals surface area (Å²) < 4.78 is 5.60. The van der Waals surface area contributed by atoms with Crippen molar-refractivity contribution in [1.29, 1.82) is 0 Å². The van der Waals surface area contributed by atoms with E-state index in [4.69, 9.17) is 22.1 Å². The molecule has 0 saturated carbocycles. The molecule has 6 nitrogen and oxygen atoms in total. The van der Waals surface area contributed by atoms with Crippen LogP contribution in [-0.2, 0) is 0 Å². The molecular weight excluding hydrogens is 328 g/mol. The number of para-hydroxylation sites is 1. The Hall–Kier alpha value is -2.31. The number of urea groups is 1. The number of anilines is 1. The van der Waals surface area contributed by atoms with Crippen molar-refractivity contribution < 1.29 is 9.53 Å². The topological polar surface area (TPSA) is 89.3 Å². The highest BCUT2D eigenvalue weighted by Gasteiger charge is 2.24. The quantitative estimate of drug-likeness (QED) is 0.794. The number of rotatable bonds is 3. The van der Waals surface area contributed by atoms with Crippen LogP contribution >= 0.6 is 11.6 Å². The molecule has 2 atom stereocenters. The van der Waals surface area contributed by atoms with Crippen LogP contribution in [-0.4, -0.2) is 17.6 Å². The first kappa shape index (κ1) is 16.5. The molecule has 1 unspecified atom stereocenters. The van der Waals surface area contributed by atoms with Gasteiger partial charge < -0.3 is 15.8 Å². The van der Waals surface area contributed by atoms with Crippen LogP contribution in [0.15, 0.2) is 36.4 Å². The fourth-order valence-corrected chi connectivity index (χ4v) is 2.86. The number of hydrogen-bond acceptors (Lipinski definition) is 4. The van der Waals surface area contributed by atoms with Gasteiger partial charge in [0.05, 0.1) is 23.4 Å². The number of halogens is 1. The molecule has 2 amide bonds. The molecule has 1 aliphatic heterocycles. The third kappa shape index (κ3) is 3.60. The maximum absolute atomic E-state index is 12.3. The van der Waals surface area contributed by atoms with Crippen molar-refractivity contribution >= 4 is 23.4 Å². The first-order valence-electron chi connectivity index (χ1n) is 7.76. The van der Waals surface area contributed by atoms with E-state index in [0.29, 0.717) is 29.6 Å². The van der Waals surface area contributed by atoms with Gasteiger partial charge in [0.1, 0.15) is 11.6 Å². The highest BCUT2D eigenvalue weighted by molar-refractivity contribution is 6.32. The Kier molecular flexibility index (Phi) is 4.87. The van der Waals surface area contributed by atoms with Gasteiger partial charge in [0, 0.05) is 18.0 Å². The predicted molar refractivity (Wildman–Crippen MR) is 93.3 cm³/mol. The maximum Gasteiger partial charge on any atom is 0.320 e. The molecule has 0 radical (unpaired) electrons. The second kappa shape index (κ2) is 7.07. The Bertz CT molecular complexity index is 751. The van der Waals surface area contributed by atoms with E-state index >= 15 is 0 Å². The SMILES string of the molecule is C[C@H](N)c1cccc(NC(=O)NC2CCOc3c(Cl)cccc32)n1. The number of amides is 2. The summed E-state index contributed by atoms with van der Waals surface area (Å²) in [6.45, 7) is 2.34. The normalized spacial score (nSPS) is 17.4. The van der Waals surface area contributed by atoms with E-state index in [1.54, 1.807) is 12.1 Å². The molecule has 3 rings (SSSR count). The zero-order valence-corrected chi connectivity index (χ0v) is 14.0. The Morgan fingerprint density at radius 2 is 2.17 bits per heavy atom. The molecule has 0 fully saturated rings. The summed E-state index contributed by atoms with van der Waals surface area (Å²) in [5.41, 5.74) is 7.41. The molecule has 4 N–H and O–H groups in total. The number of carbonyl (C=O) groups excluding carboxylic acids is 1. The van der Waals surface area contributed by atoms with Crippen LogP contribution in [0.1, 0.15) is 36.7 Å². The highest BCUT2D eigenvalue weighted by atomic mass is 35.5. The van der Waals surface area contributed by atoms with Gasteiger partial charge >= 0.3 is 6.03 Å². The largest absolute Gasteiger partial charge is 0.492 e. The molecule has 1 aliphatic rings. The number of ether oxygens (including phenoxy) is 1. The number of nitrogens with one attached hydrogen (secondary N) is 2. The fourth-order valence-electron chi connectivity index (χ4n) is 2.62. The van der Waals surface area contributed by atoms with Gasteiger partial charge in [-0.05, 0) is 25.1 Å². The lowest BCUT2D eigenvalue weighted by Crippen LogP contribution is -2.35. The second-order valence-corrected chi connectivity index (χ2v) is 6.09. The number of aromatic nitrogens is 1. The van der Waals surface area contributed by atoms with Crippen molar-refractivity contribution in [2.75, 3.05) is 11.9 Å². The smallest absolute Gasteiger partial charge is 0.320 e. The summed E-state index contributed by atoms with van der Waals surface area (Å²) in [5, 5.41) is 6.23. The van der Waals surface area contributed by atoms with Crippen LogP contribution < -0.4 is 21.1 Å². The summed E-state index contributed by atoms with van der Waals surface area (Å²) in [6.07, 6.45) is 0.675. The maximum atomic E-state index is 12.3. The minimum Gasteiger partial charge on any atom is -0.492 e. The van der Waals surface area contributed by atoms with Crippen LogP contribution in [0, 0.1) is 0 Å². The lowest BCUT2D eigenvalue weighted by Gasteiger charge is -2.27. The van der Waals surface area contributed by atoms with Gasteiger partial charge in [-0.2, -0.15) is 0 Å². The van der Waals surface area contributed by atoms with Crippen LogP contribution in [0.25, 0.3) is 0 Å². The molecule has 0 spiro atoms. The second-order valence-electron chi connectivity index (χ2n) is 5.68. The Morgan fingerprint density at radius 3 is 2.96 bits per heavy atom. The number of fused-ring (bicyclic) bond motifs is 1. The molecule has 126 valence electrons. The Labute approximate surface area is 145 Å². The number of carbonyl (C=O) groups is 1. The molecule has 2 heterocycles. The van der Waals surface area contributed by atoms with Crippen molar-refractivity contribution in [2.24, 2.45) is 5.73 Å². The Balaban J connectivity index is 1.70. The molecule has 1 aromatic heterocycles. The summed E-state index contributed by atoms with van der Waals surface area (Å²) in [5.74, 6) is 1.09. The number of hydrogen-bond donors (Lipinski definition) is 3.